The lowest BCUT2D eigenvalue weighted by atomic mass is 10.0. The van der Waals surface area contributed by atoms with Crippen molar-refractivity contribution in [1.82, 2.24) is 9.99 Å². The quantitative estimate of drug-likeness (QED) is 0.381. The molecule has 1 heterocycles. The first-order chi connectivity index (χ1) is 13.3. The Morgan fingerprint density at radius 1 is 1.25 bits per heavy atom. The van der Waals surface area contributed by atoms with E-state index in [2.05, 4.69) is 9.72 Å². The fraction of sp³-hybridized carbons (Fsp3) is 0.278. The molecule has 0 aliphatic carbocycles. The first kappa shape index (κ1) is 21.3. The minimum atomic E-state index is -2.95. The molecular formula is C18H20F4N4O2. The number of hydrazine groups is 1. The molecule has 6 nitrogen and oxygen atoms in total. The minimum absolute atomic E-state index is 0.0200. The number of aromatic nitrogens is 1. The van der Waals surface area contributed by atoms with Crippen LogP contribution in [0.4, 0.5) is 17.6 Å². The smallest absolute Gasteiger partial charge is 0.387 e. The third-order valence-corrected chi connectivity index (χ3v) is 3.49. The molecule has 0 radical (unpaired) electrons. The van der Waals surface area contributed by atoms with Crippen LogP contribution in [0.2, 0.25) is 0 Å². The minimum Gasteiger partial charge on any atom is -0.478 e. The summed E-state index contributed by atoms with van der Waals surface area (Å²) in [4.78, 5) is 4.21. The van der Waals surface area contributed by atoms with Crippen molar-refractivity contribution in [1.29, 1.82) is 0 Å². The fourth-order valence-electron chi connectivity index (χ4n) is 2.38. The SMILES string of the molecule is CCOc1ncc(CN(N)/C=C(\N)C(F)F)cc1-c1cccc(OC(F)F)c1. The number of hydrogen-bond acceptors (Lipinski definition) is 6. The van der Waals surface area contributed by atoms with Crippen LogP contribution in [-0.2, 0) is 6.54 Å². The molecule has 1 aromatic carbocycles. The van der Waals surface area contributed by atoms with Gasteiger partial charge in [0.15, 0.2) is 0 Å². The van der Waals surface area contributed by atoms with E-state index in [9.17, 15) is 17.6 Å². The molecule has 1 aromatic heterocycles. The molecule has 152 valence electrons. The van der Waals surface area contributed by atoms with Gasteiger partial charge in [-0.3, -0.25) is 0 Å². The second-order valence-corrected chi connectivity index (χ2v) is 5.64. The zero-order chi connectivity index (χ0) is 20.7. The highest BCUT2D eigenvalue weighted by atomic mass is 19.3. The second-order valence-electron chi connectivity index (χ2n) is 5.64. The van der Waals surface area contributed by atoms with E-state index in [1.165, 1.54) is 18.3 Å². The van der Waals surface area contributed by atoms with Crippen molar-refractivity contribution in [3.05, 3.63) is 54.0 Å². The maximum atomic E-state index is 12.5. The lowest BCUT2D eigenvalue weighted by Gasteiger charge is -2.17. The van der Waals surface area contributed by atoms with Gasteiger partial charge in [-0.15, -0.1) is 0 Å². The third-order valence-electron chi connectivity index (χ3n) is 3.49. The van der Waals surface area contributed by atoms with Crippen molar-refractivity contribution >= 4 is 0 Å². The number of ether oxygens (including phenoxy) is 2. The van der Waals surface area contributed by atoms with Gasteiger partial charge in [0.1, 0.15) is 5.75 Å². The summed E-state index contributed by atoms with van der Waals surface area (Å²) in [5.74, 6) is 5.95. The van der Waals surface area contributed by atoms with Gasteiger partial charge in [-0.05, 0) is 36.2 Å². The average Bonchev–Trinajstić information content (AvgIpc) is 2.62. The van der Waals surface area contributed by atoms with Crippen molar-refractivity contribution in [2.24, 2.45) is 11.6 Å². The molecule has 4 N–H and O–H groups in total. The van der Waals surface area contributed by atoms with Crippen LogP contribution < -0.4 is 21.1 Å². The summed E-state index contributed by atoms with van der Waals surface area (Å²) in [6, 6.07) is 7.72. The van der Waals surface area contributed by atoms with Gasteiger partial charge >= 0.3 is 6.61 Å². The maximum Gasteiger partial charge on any atom is 0.387 e. The summed E-state index contributed by atoms with van der Waals surface area (Å²) in [7, 11) is 0. The lowest BCUT2D eigenvalue weighted by molar-refractivity contribution is -0.0498. The summed E-state index contributed by atoms with van der Waals surface area (Å²) >= 11 is 0. The first-order valence-corrected chi connectivity index (χ1v) is 8.23. The van der Waals surface area contributed by atoms with Crippen LogP contribution in [0.1, 0.15) is 12.5 Å². The monoisotopic (exact) mass is 400 g/mol. The molecule has 0 fully saturated rings. The zero-order valence-electron chi connectivity index (χ0n) is 15.0. The van der Waals surface area contributed by atoms with Crippen molar-refractivity contribution < 1.29 is 27.0 Å². The molecule has 0 aliphatic rings. The van der Waals surface area contributed by atoms with Crippen LogP contribution in [0, 0.1) is 0 Å². The van der Waals surface area contributed by atoms with Gasteiger partial charge in [-0.2, -0.15) is 8.78 Å². The lowest BCUT2D eigenvalue weighted by Crippen LogP contribution is -2.27. The number of pyridine rings is 1. The Kier molecular flexibility index (Phi) is 7.44. The largest absolute Gasteiger partial charge is 0.478 e. The van der Waals surface area contributed by atoms with E-state index in [0.717, 1.165) is 11.2 Å². The van der Waals surface area contributed by atoms with E-state index < -0.39 is 18.7 Å². The number of benzene rings is 1. The molecule has 0 atom stereocenters. The molecule has 10 heteroatoms. The second kappa shape index (κ2) is 9.79. The number of hydrogen-bond donors (Lipinski definition) is 2. The molecule has 2 rings (SSSR count). The van der Waals surface area contributed by atoms with Gasteiger partial charge in [0.2, 0.25) is 5.88 Å². The first-order valence-electron chi connectivity index (χ1n) is 8.23. The van der Waals surface area contributed by atoms with Gasteiger partial charge in [0.05, 0.1) is 18.8 Å². The Labute approximate surface area is 159 Å². The Hall–Kier alpha value is -3.01. The predicted octanol–water partition coefficient (Wildman–Crippen LogP) is 3.49. The number of rotatable bonds is 9. The summed E-state index contributed by atoms with van der Waals surface area (Å²) in [5.41, 5.74) is 6.13. The molecule has 0 amide bonds. The molecule has 2 aromatic rings. The Morgan fingerprint density at radius 2 is 2.00 bits per heavy atom. The van der Waals surface area contributed by atoms with E-state index in [4.69, 9.17) is 16.3 Å². The third kappa shape index (κ3) is 6.02. The zero-order valence-corrected chi connectivity index (χ0v) is 15.0. The normalized spacial score (nSPS) is 11.8. The molecular weight excluding hydrogens is 380 g/mol. The Bertz CT molecular complexity index is 818. The van der Waals surface area contributed by atoms with E-state index in [0.29, 0.717) is 23.3 Å². The van der Waals surface area contributed by atoms with Gasteiger partial charge in [-0.25, -0.2) is 19.6 Å². The molecule has 28 heavy (non-hydrogen) atoms. The fourth-order valence-corrected chi connectivity index (χ4v) is 2.38. The van der Waals surface area contributed by atoms with Crippen LogP contribution in [0.25, 0.3) is 11.1 Å². The van der Waals surface area contributed by atoms with Gasteiger partial charge < -0.3 is 20.2 Å². The molecule has 0 bridgehead atoms. The van der Waals surface area contributed by atoms with Gasteiger partial charge in [0.25, 0.3) is 6.43 Å². The van der Waals surface area contributed by atoms with E-state index in [1.54, 1.807) is 25.1 Å². The number of allylic oxidation sites excluding steroid dienone is 1. The van der Waals surface area contributed by atoms with Crippen molar-refractivity contribution in [3.8, 4) is 22.8 Å². The predicted molar refractivity (Wildman–Crippen MR) is 95.5 cm³/mol. The molecule has 0 saturated carbocycles. The van der Waals surface area contributed by atoms with Crippen LogP contribution in [-0.4, -0.2) is 29.6 Å². The van der Waals surface area contributed by atoms with Crippen LogP contribution in [0.15, 0.2) is 48.4 Å². The Morgan fingerprint density at radius 3 is 2.64 bits per heavy atom. The summed E-state index contributed by atoms with van der Waals surface area (Å²) < 4.78 is 59.9. The summed E-state index contributed by atoms with van der Waals surface area (Å²) in [5, 5.41) is 0.999. The van der Waals surface area contributed by atoms with Crippen molar-refractivity contribution in [3.63, 3.8) is 0 Å². The standard InChI is InChI=1S/C18H20F4N4O2/c1-2-27-17-14(12-4-3-5-13(7-12)28-18(21)22)6-11(8-25-17)9-26(24)10-15(23)16(19)20/h3-8,10,16,18H,2,9,23-24H2,1H3/b15-10-. The van der Waals surface area contributed by atoms with E-state index >= 15 is 0 Å². The highest BCUT2D eigenvalue weighted by Gasteiger charge is 2.13. The van der Waals surface area contributed by atoms with Crippen LogP contribution in [0.5, 0.6) is 11.6 Å². The molecule has 0 saturated heterocycles. The van der Waals surface area contributed by atoms with Crippen LogP contribution >= 0.6 is 0 Å². The summed E-state index contributed by atoms with van der Waals surface area (Å²) in [6.07, 6.45) is -0.421. The summed E-state index contributed by atoms with van der Waals surface area (Å²) in [6.45, 7) is -0.810. The topological polar surface area (TPSA) is 86.6 Å². The molecule has 0 unspecified atom stereocenters. The highest BCUT2D eigenvalue weighted by Crippen LogP contribution is 2.32. The molecule has 0 aliphatic heterocycles. The number of nitrogens with zero attached hydrogens (tertiary/aromatic N) is 2. The molecule has 0 spiro atoms. The van der Waals surface area contributed by atoms with Crippen molar-refractivity contribution in [2.45, 2.75) is 26.5 Å². The number of halogens is 4. The number of nitrogens with two attached hydrogens (primary N) is 2. The maximum absolute atomic E-state index is 12.5. The van der Waals surface area contributed by atoms with E-state index in [-0.39, 0.29) is 18.2 Å². The van der Waals surface area contributed by atoms with Gasteiger partial charge in [-0.1, -0.05) is 12.1 Å². The van der Waals surface area contributed by atoms with E-state index in [1.807, 2.05) is 0 Å². The number of alkyl halides is 4. The average molecular weight is 400 g/mol. The van der Waals surface area contributed by atoms with Crippen LogP contribution in [0.3, 0.4) is 0 Å². The highest BCUT2D eigenvalue weighted by molar-refractivity contribution is 5.70. The Balaban J connectivity index is 2.34. The van der Waals surface area contributed by atoms with Crippen molar-refractivity contribution in [2.75, 3.05) is 6.61 Å². The van der Waals surface area contributed by atoms with Gasteiger partial charge in [0, 0.05) is 18.0 Å².